The van der Waals surface area contributed by atoms with Crippen LogP contribution in [0.5, 0.6) is 0 Å². The van der Waals surface area contributed by atoms with E-state index in [1.165, 1.54) is 18.5 Å². The molecule has 0 radical (unpaired) electrons. The molecule has 2 heterocycles. The van der Waals surface area contributed by atoms with Crippen LogP contribution in [0.1, 0.15) is 25.3 Å². The summed E-state index contributed by atoms with van der Waals surface area (Å²) in [6.07, 6.45) is 4.58. The molecule has 1 saturated heterocycles. The number of nitrogens with one attached hydrogen (secondary N) is 1. The number of aromatic nitrogens is 1. The molecule has 1 fully saturated rings. The number of anilines is 2. The molecular formula is C23H25N3O. The lowest BCUT2D eigenvalue weighted by Gasteiger charge is -2.32. The van der Waals surface area contributed by atoms with Gasteiger partial charge in [0.2, 0.25) is 5.91 Å². The summed E-state index contributed by atoms with van der Waals surface area (Å²) in [5.74, 6) is 0.802. The van der Waals surface area contributed by atoms with E-state index in [0.717, 1.165) is 41.2 Å². The van der Waals surface area contributed by atoms with E-state index in [2.05, 4.69) is 34.3 Å². The van der Waals surface area contributed by atoms with Gasteiger partial charge in [0.1, 0.15) is 0 Å². The zero-order chi connectivity index (χ0) is 18.6. The molecule has 0 bridgehead atoms. The molecule has 2 aromatic carbocycles. The number of carbonyl (C=O) groups is 1. The second kappa shape index (κ2) is 7.78. The van der Waals surface area contributed by atoms with Gasteiger partial charge in [0, 0.05) is 36.0 Å². The molecule has 4 nitrogen and oxygen atoms in total. The minimum absolute atomic E-state index is 0.0206. The van der Waals surface area contributed by atoms with E-state index >= 15 is 0 Å². The zero-order valence-electron chi connectivity index (χ0n) is 15.7. The highest BCUT2D eigenvalue weighted by molar-refractivity contribution is 5.95. The van der Waals surface area contributed by atoms with Gasteiger partial charge in [0.25, 0.3) is 0 Å². The standard InChI is InChI=1S/C23H25N3O/c1-17-11-14-26(15-12-17)21-9-7-20(8-10-21)25-22(27)16-19-5-2-4-18-6-3-13-24-23(18)19/h2-10,13,17H,11-12,14-16H2,1H3,(H,25,27). The predicted molar refractivity (Wildman–Crippen MR) is 111 cm³/mol. The third kappa shape index (κ3) is 4.11. The van der Waals surface area contributed by atoms with Crippen molar-refractivity contribution in [1.82, 2.24) is 4.98 Å². The van der Waals surface area contributed by atoms with Crippen molar-refractivity contribution < 1.29 is 4.79 Å². The fraction of sp³-hybridized carbons (Fsp3) is 0.304. The first-order valence-corrected chi connectivity index (χ1v) is 9.66. The number of benzene rings is 2. The van der Waals surface area contributed by atoms with E-state index < -0.39 is 0 Å². The Morgan fingerprint density at radius 2 is 1.81 bits per heavy atom. The van der Waals surface area contributed by atoms with E-state index in [0.29, 0.717) is 6.42 Å². The van der Waals surface area contributed by atoms with E-state index in [9.17, 15) is 4.79 Å². The highest BCUT2D eigenvalue weighted by Crippen LogP contribution is 2.24. The van der Waals surface area contributed by atoms with E-state index in [1.54, 1.807) is 6.20 Å². The highest BCUT2D eigenvalue weighted by Gasteiger charge is 2.16. The van der Waals surface area contributed by atoms with Crippen LogP contribution >= 0.6 is 0 Å². The predicted octanol–water partition coefficient (Wildman–Crippen LogP) is 4.65. The molecule has 0 aliphatic carbocycles. The van der Waals surface area contributed by atoms with Crippen LogP contribution in [0.25, 0.3) is 10.9 Å². The lowest BCUT2D eigenvalue weighted by molar-refractivity contribution is -0.115. The smallest absolute Gasteiger partial charge is 0.228 e. The number of hydrogen-bond donors (Lipinski definition) is 1. The summed E-state index contributed by atoms with van der Waals surface area (Å²) in [7, 11) is 0. The molecule has 4 rings (SSSR count). The van der Waals surface area contributed by atoms with Crippen LogP contribution < -0.4 is 10.2 Å². The van der Waals surface area contributed by atoms with E-state index in [-0.39, 0.29) is 5.91 Å². The number of pyridine rings is 1. The highest BCUT2D eigenvalue weighted by atomic mass is 16.1. The molecule has 0 spiro atoms. The van der Waals surface area contributed by atoms with Crippen LogP contribution in [-0.4, -0.2) is 24.0 Å². The SMILES string of the molecule is CC1CCN(c2ccc(NC(=O)Cc3cccc4cccnc34)cc2)CC1. The van der Waals surface area contributed by atoms with Crippen molar-refractivity contribution in [2.24, 2.45) is 5.92 Å². The maximum absolute atomic E-state index is 12.5. The summed E-state index contributed by atoms with van der Waals surface area (Å²) in [5.41, 5.74) is 3.91. The van der Waals surface area contributed by atoms with Gasteiger partial charge in [-0.2, -0.15) is 0 Å². The molecule has 0 saturated carbocycles. The van der Waals surface area contributed by atoms with Crippen LogP contribution in [-0.2, 0) is 11.2 Å². The van der Waals surface area contributed by atoms with Crippen LogP contribution in [0.2, 0.25) is 0 Å². The average Bonchev–Trinajstić information content (AvgIpc) is 2.69. The van der Waals surface area contributed by atoms with E-state index in [1.807, 2.05) is 42.5 Å². The van der Waals surface area contributed by atoms with Crippen LogP contribution in [0.4, 0.5) is 11.4 Å². The number of para-hydroxylation sites is 1. The van der Waals surface area contributed by atoms with Gasteiger partial charge in [-0.25, -0.2) is 0 Å². The normalized spacial score (nSPS) is 15.1. The van der Waals surface area contributed by atoms with Gasteiger partial charge in [-0.05, 0) is 54.7 Å². The summed E-state index contributed by atoms with van der Waals surface area (Å²) >= 11 is 0. The molecule has 1 amide bonds. The first-order chi connectivity index (χ1) is 13.2. The van der Waals surface area contributed by atoms with Gasteiger partial charge >= 0.3 is 0 Å². The fourth-order valence-electron chi connectivity index (χ4n) is 3.71. The van der Waals surface area contributed by atoms with Crippen LogP contribution in [0.15, 0.2) is 60.8 Å². The van der Waals surface area contributed by atoms with Crippen molar-refractivity contribution in [3.05, 3.63) is 66.4 Å². The molecule has 27 heavy (non-hydrogen) atoms. The Balaban J connectivity index is 1.41. The number of rotatable bonds is 4. The van der Waals surface area contributed by atoms with Crippen molar-refractivity contribution in [2.75, 3.05) is 23.3 Å². The van der Waals surface area contributed by atoms with Gasteiger partial charge in [-0.3, -0.25) is 9.78 Å². The number of fused-ring (bicyclic) bond motifs is 1. The van der Waals surface area contributed by atoms with Crippen LogP contribution in [0.3, 0.4) is 0 Å². The third-order valence-electron chi connectivity index (χ3n) is 5.37. The Morgan fingerprint density at radius 3 is 2.59 bits per heavy atom. The molecule has 0 unspecified atom stereocenters. The summed E-state index contributed by atoms with van der Waals surface area (Å²) in [4.78, 5) is 19.3. The van der Waals surface area contributed by atoms with Gasteiger partial charge < -0.3 is 10.2 Å². The Bertz CT molecular complexity index is 923. The number of piperidine rings is 1. The molecule has 1 aliphatic rings. The summed E-state index contributed by atoms with van der Waals surface area (Å²) in [6, 6.07) is 18.1. The lowest BCUT2D eigenvalue weighted by Crippen LogP contribution is -2.32. The monoisotopic (exact) mass is 359 g/mol. The average molecular weight is 359 g/mol. The lowest BCUT2D eigenvalue weighted by atomic mass is 9.99. The minimum Gasteiger partial charge on any atom is -0.372 e. The number of carbonyl (C=O) groups excluding carboxylic acids is 1. The number of hydrogen-bond acceptors (Lipinski definition) is 3. The first kappa shape index (κ1) is 17.5. The summed E-state index contributed by atoms with van der Waals surface area (Å²) < 4.78 is 0. The molecule has 1 N–H and O–H groups in total. The van der Waals surface area contributed by atoms with Gasteiger partial charge in [0.15, 0.2) is 0 Å². The van der Waals surface area contributed by atoms with Crippen molar-refractivity contribution in [3.8, 4) is 0 Å². The first-order valence-electron chi connectivity index (χ1n) is 9.66. The zero-order valence-corrected chi connectivity index (χ0v) is 15.7. The van der Waals surface area contributed by atoms with Crippen molar-refractivity contribution >= 4 is 28.2 Å². The van der Waals surface area contributed by atoms with Gasteiger partial charge in [-0.1, -0.05) is 31.2 Å². The molecular weight excluding hydrogens is 334 g/mol. The van der Waals surface area contributed by atoms with Crippen molar-refractivity contribution in [2.45, 2.75) is 26.2 Å². The van der Waals surface area contributed by atoms with Crippen LogP contribution in [0, 0.1) is 5.92 Å². The molecule has 3 aromatic rings. The fourth-order valence-corrected chi connectivity index (χ4v) is 3.71. The second-order valence-electron chi connectivity index (χ2n) is 7.43. The summed E-state index contributed by atoms with van der Waals surface area (Å²) in [6.45, 7) is 4.54. The molecule has 4 heteroatoms. The second-order valence-corrected chi connectivity index (χ2v) is 7.43. The topological polar surface area (TPSA) is 45.2 Å². The maximum Gasteiger partial charge on any atom is 0.228 e. The van der Waals surface area contributed by atoms with Gasteiger partial charge in [-0.15, -0.1) is 0 Å². The summed E-state index contributed by atoms with van der Waals surface area (Å²) in [5, 5.41) is 4.07. The number of amides is 1. The van der Waals surface area contributed by atoms with Crippen molar-refractivity contribution in [3.63, 3.8) is 0 Å². The van der Waals surface area contributed by atoms with Gasteiger partial charge in [0.05, 0.1) is 11.9 Å². The quantitative estimate of drug-likeness (QED) is 0.737. The molecule has 1 aromatic heterocycles. The molecule has 1 aliphatic heterocycles. The Morgan fingerprint density at radius 1 is 1.07 bits per heavy atom. The van der Waals surface area contributed by atoms with E-state index in [4.69, 9.17) is 0 Å². The van der Waals surface area contributed by atoms with Crippen molar-refractivity contribution in [1.29, 1.82) is 0 Å². The Hall–Kier alpha value is -2.88. The largest absolute Gasteiger partial charge is 0.372 e. The maximum atomic E-state index is 12.5. The number of nitrogens with zero attached hydrogens (tertiary/aromatic N) is 2. The molecule has 0 atom stereocenters. The Labute approximate surface area is 160 Å². The minimum atomic E-state index is -0.0206. The third-order valence-corrected chi connectivity index (χ3v) is 5.37. The molecule has 138 valence electrons. The Kier molecular flexibility index (Phi) is 5.05.